The third-order valence-corrected chi connectivity index (χ3v) is 6.29. The van der Waals surface area contributed by atoms with Crippen LogP contribution in [-0.4, -0.2) is 22.0 Å². The van der Waals surface area contributed by atoms with E-state index in [1.807, 2.05) is 24.3 Å². The fraction of sp³-hybridized carbons (Fsp3) is 0.348. The third-order valence-electron chi connectivity index (χ3n) is 5.74. The molecule has 0 atom stereocenters. The van der Waals surface area contributed by atoms with Crippen LogP contribution >= 0.6 is 23.8 Å². The Balaban J connectivity index is 1.51. The monoisotopic (exact) mass is 441 g/mol. The van der Waals surface area contributed by atoms with E-state index in [4.69, 9.17) is 23.8 Å². The number of carbonyl (C=O) groups is 1. The van der Waals surface area contributed by atoms with Gasteiger partial charge in [0, 0.05) is 23.2 Å². The SMILES string of the molecule is O=C(NCCc1ccc(Cl)cc1)c1ccc2c(=O)n(C3CCCCC3)c(=S)[nH]c2c1. The summed E-state index contributed by atoms with van der Waals surface area (Å²) in [5.74, 6) is -0.179. The molecule has 1 aliphatic rings. The van der Waals surface area contributed by atoms with Gasteiger partial charge >= 0.3 is 0 Å². The first-order valence-electron chi connectivity index (χ1n) is 10.3. The van der Waals surface area contributed by atoms with Crippen LogP contribution in [0.4, 0.5) is 0 Å². The molecule has 1 heterocycles. The Morgan fingerprint density at radius 2 is 1.87 bits per heavy atom. The van der Waals surface area contributed by atoms with Crippen molar-refractivity contribution in [2.24, 2.45) is 0 Å². The van der Waals surface area contributed by atoms with Gasteiger partial charge in [-0.2, -0.15) is 0 Å². The Morgan fingerprint density at radius 3 is 2.60 bits per heavy atom. The molecule has 0 aliphatic heterocycles. The van der Waals surface area contributed by atoms with Gasteiger partial charge in [0.2, 0.25) is 0 Å². The molecule has 1 fully saturated rings. The van der Waals surface area contributed by atoms with E-state index >= 15 is 0 Å². The minimum absolute atomic E-state index is 0.0738. The van der Waals surface area contributed by atoms with E-state index in [1.165, 1.54) is 6.42 Å². The number of amides is 1. The maximum absolute atomic E-state index is 13.0. The van der Waals surface area contributed by atoms with Crippen molar-refractivity contribution in [2.45, 2.75) is 44.6 Å². The van der Waals surface area contributed by atoms with E-state index in [2.05, 4.69) is 10.3 Å². The van der Waals surface area contributed by atoms with Gasteiger partial charge in [0.1, 0.15) is 0 Å². The molecule has 0 radical (unpaired) electrons. The summed E-state index contributed by atoms with van der Waals surface area (Å²) in [6, 6.07) is 12.9. The van der Waals surface area contributed by atoms with Gasteiger partial charge in [0.25, 0.3) is 11.5 Å². The molecule has 4 rings (SSSR count). The van der Waals surface area contributed by atoms with Crippen molar-refractivity contribution >= 4 is 40.6 Å². The number of halogens is 1. The third kappa shape index (κ3) is 4.50. The summed E-state index contributed by atoms with van der Waals surface area (Å²) in [6.07, 6.45) is 6.14. The molecule has 0 spiro atoms. The van der Waals surface area contributed by atoms with Crippen LogP contribution in [0.15, 0.2) is 47.3 Å². The fourth-order valence-corrected chi connectivity index (χ4v) is 4.59. The zero-order chi connectivity index (χ0) is 21.1. The number of fused-ring (bicyclic) bond motifs is 1. The number of hydrogen-bond acceptors (Lipinski definition) is 3. The number of nitrogens with zero attached hydrogens (tertiary/aromatic N) is 1. The normalized spacial score (nSPS) is 14.7. The van der Waals surface area contributed by atoms with Crippen LogP contribution in [0.5, 0.6) is 0 Å². The molecule has 1 amide bonds. The van der Waals surface area contributed by atoms with Gasteiger partial charge in [-0.25, -0.2) is 0 Å². The van der Waals surface area contributed by atoms with Crippen molar-refractivity contribution in [3.8, 4) is 0 Å². The molecule has 2 aromatic carbocycles. The highest BCUT2D eigenvalue weighted by Crippen LogP contribution is 2.27. The molecule has 5 nitrogen and oxygen atoms in total. The maximum Gasteiger partial charge on any atom is 0.262 e. The number of carbonyl (C=O) groups excluding carboxylic acids is 1. The molecule has 1 aliphatic carbocycles. The summed E-state index contributed by atoms with van der Waals surface area (Å²) in [4.78, 5) is 28.8. The number of aromatic amines is 1. The Bertz CT molecular complexity index is 1180. The Morgan fingerprint density at radius 1 is 1.13 bits per heavy atom. The molecule has 0 saturated heterocycles. The summed E-state index contributed by atoms with van der Waals surface area (Å²) < 4.78 is 2.16. The predicted molar refractivity (Wildman–Crippen MR) is 123 cm³/mol. The van der Waals surface area contributed by atoms with Crippen molar-refractivity contribution in [1.29, 1.82) is 0 Å². The average molecular weight is 442 g/mol. The smallest absolute Gasteiger partial charge is 0.262 e. The van der Waals surface area contributed by atoms with Crippen molar-refractivity contribution in [1.82, 2.24) is 14.9 Å². The summed E-state index contributed by atoms with van der Waals surface area (Å²) in [5.41, 5.74) is 2.13. The minimum atomic E-state index is -0.179. The maximum atomic E-state index is 13.0. The van der Waals surface area contributed by atoms with E-state index < -0.39 is 0 Å². The molecule has 1 saturated carbocycles. The molecule has 0 bridgehead atoms. The van der Waals surface area contributed by atoms with Crippen LogP contribution in [0.2, 0.25) is 5.02 Å². The van der Waals surface area contributed by atoms with E-state index in [0.29, 0.717) is 39.2 Å². The van der Waals surface area contributed by atoms with Gasteiger partial charge in [0.15, 0.2) is 4.77 Å². The molecular weight excluding hydrogens is 418 g/mol. The molecule has 156 valence electrons. The number of H-pyrrole nitrogens is 1. The van der Waals surface area contributed by atoms with Crippen LogP contribution in [0, 0.1) is 4.77 Å². The van der Waals surface area contributed by atoms with Crippen LogP contribution < -0.4 is 10.9 Å². The first kappa shape index (κ1) is 20.8. The van der Waals surface area contributed by atoms with E-state index in [0.717, 1.165) is 31.2 Å². The van der Waals surface area contributed by atoms with Crippen LogP contribution in [0.25, 0.3) is 10.9 Å². The summed E-state index contributed by atoms with van der Waals surface area (Å²) >= 11 is 11.4. The largest absolute Gasteiger partial charge is 0.352 e. The number of rotatable bonds is 5. The second-order valence-electron chi connectivity index (χ2n) is 7.79. The average Bonchev–Trinajstić information content (AvgIpc) is 2.75. The molecule has 0 unspecified atom stereocenters. The second-order valence-corrected chi connectivity index (χ2v) is 8.61. The minimum Gasteiger partial charge on any atom is -0.352 e. The molecule has 1 aromatic heterocycles. The van der Waals surface area contributed by atoms with Gasteiger partial charge in [-0.15, -0.1) is 0 Å². The Hall–Kier alpha value is -2.44. The standard InChI is InChI=1S/C23H24ClN3O2S/c24-17-9-6-15(7-10-17)12-13-25-21(28)16-8-11-19-20(14-16)26-23(30)27(22(19)29)18-4-2-1-3-5-18/h6-11,14,18H,1-5,12-13H2,(H,25,28)(H,26,30). The molecular formula is C23H24ClN3O2S. The lowest BCUT2D eigenvalue weighted by Gasteiger charge is -2.24. The van der Waals surface area contributed by atoms with Crippen LogP contribution in [0.3, 0.4) is 0 Å². The quantitative estimate of drug-likeness (QED) is 0.535. The van der Waals surface area contributed by atoms with Gasteiger partial charge in [-0.3, -0.25) is 14.2 Å². The topological polar surface area (TPSA) is 66.9 Å². The number of benzene rings is 2. The van der Waals surface area contributed by atoms with Gasteiger partial charge < -0.3 is 10.3 Å². The van der Waals surface area contributed by atoms with Gasteiger partial charge in [-0.1, -0.05) is 43.0 Å². The van der Waals surface area contributed by atoms with E-state index in [1.54, 1.807) is 22.8 Å². The summed E-state index contributed by atoms with van der Waals surface area (Å²) in [7, 11) is 0. The zero-order valence-corrected chi connectivity index (χ0v) is 18.2. The van der Waals surface area contributed by atoms with E-state index in [-0.39, 0.29) is 17.5 Å². The first-order valence-corrected chi connectivity index (χ1v) is 11.1. The molecule has 7 heteroatoms. The van der Waals surface area contributed by atoms with Crippen LogP contribution in [-0.2, 0) is 6.42 Å². The van der Waals surface area contributed by atoms with Crippen molar-refractivity contribution < 1.29 is 4.79 Å². The fourth-order valence-electron chi connectivity index (χ4n) is 4.12. The molecule has 3 aromatic rings. The Labute approximate surface area is 185 Å². The summed E-state index contributed by atoms with van der Waals surface area (Å²) in [6.45, 7) is 0.512. The van der Waals surface area contributed by atoms with Crippen LogP contribution in [0.1, 0.15) is 54.1 Å². The lowest BCUT2D eigenvalue weighted by Crippen LogP contribution is -2.28. The van der Waals surface area contributed by atoms with E-state index in [9.17, 15) is 9.59 Å². The van der Waals surface area contributed by atoms with Crippen molar-refractivity contribution in [2.75, 3.05) is 6.54 Å². The highest BCUT2D eigenvalue weighted by Gasteiger charge is 2.19. The lowest BCUT2D eigenvalue weighted by molar-refractivity contribution is 0.0954. The molecule has 30 heavy (non-hydrogen) atoms. The van der Waals surface area contributed by atoms with Gasteiger partial charge in [-0.05, 0) is 67.4 Å². The highest BCUT2D eigenvalue weighted by molar-refractivity contribution is 7.71. The summed E-state index contributed by atoms with van der Waals surface area (Å²) in [5, 5.41) is 4.18. The first-order chi connectivity index (χ1) is 14.5. The van der Waals surface area contributed by atoms with Crippen molar-refractivity contribution in [3.05, 3.63) is 73.7 Å². The lowest BCUT2D eigenvalue weighted by atomic mass is 9.95. The van der Waals surface area contributed by atoms with Gasteiger partial charge in [0.05, 0.1) is 10.9 Å². The molecule has 2 N–H and O–H groups in total. The number of aromatic nitrogens is 2. The van der Waals surface area contributed by atoms with Crippen molar-refractivity contribution in [3.63, 3.8) is 0 Å². The zero-order valence-electron chi connectivity index (χ0n) is 16.6. The second kappa shape index (κ2) is 9.14. The highest BCUT2D eigenvalue weighted by atomic mass is 35.5. The number of nitrogens with one attached hydrogen (secondary N) is 2. The predicted octanol–water partition coefficient (Wildman–Crippen LogP) is 5.19. The Kier molecular flexibility index (Phi) is 6.35. The number of hydrogen-bond donors (Lipinski definition) is 2.